The van der Waals surface area contributed by atoms with E-state index in [-0.39, 0.29) is 67.0 Å². The molecule has 1 aliphatic heterocycles. The van der Waals surface area contributed by atoms with Gasteiger partial charge in [0.1, 0.15) is 12.6 Å². The summed E-state index contributed by atoms with van der Waals surface area (Å²) in [5.41, 5.74) is 6.96. The summed E-state index contributed by atoms with van der Waals surface area (Å²) in [4.78, 5) is 64.0. The number of nitrogens with zero attached hydrogens (tertiary/aromatic N) is 1. The molecule has 1 aromatic carbocycles. The monoisotopic (exact) mass is 546 g/mol. The summed E-state index contributed by atoms with van der Waals surface area (Å²) in [6.07, 6.45) is 0. The first-order chi connectivity index (χ1) is 18.3. The molecule has 216 valence electrons. The predicted molar refractivity (Wildman–Crippen MR) is 147 cm³/mol. The van der Waals surface area contributed by atoms with Crippen LogP contribution < -0.4 is 27.0 Å². The highest BCUT2D eigenvalue weighted by Crippen LogP contribution is 2.22. The normalized spacial score (nSPS) is 14.2. The number of carbonyl (C=O) groups is 5. The molecule has 1 heterocycles. The molecule has 1 aliphatic rings. The number of nitrogens with one attached hydrogen (secondary N) is 4. The van der Waals surface area contributed by atoms with Crippen LogP contribution in [0.15, 0.2) is 18.2 Å². The Morgan fingerprint density at radius 2 is 1.67 bits per heavy atom. The lowest BCUT2D eigenvalue weighted by molar-refractivity contribution is -0.148. The van der Waals surface area contributed by atoms with Gasteiger partial charge in [-0.3, -0.25) is 24.0 Å². The van der Waals surface area contributed by atoms with E-state index >= 15 is 0 Å². The van der Waals surface area contributed by atoms with Crippen molar-refractivity contribution in [1.82, 2.24) is 20.9 Å². The van der Waals surface area contributed by atoms with Gasteiger partial charge < -0.3 is 36.6 Å². The van der Waals surface area contributed by atoms with Gasteiger partial charge in [0, 0.05) is 42.0 Å². The van der Waals surface area contributed by atoms with Gasteiger partial charge in [-0.05, 0) is 18.1 Å². The topological polar surface area (TPSA) is 172 Å². The summed E-state index contributed by atoms with van der Waals surface area (Å²) in [7, 11) is 0. The summed E-state index contributed by atoms with van der Waals surface area (Å²) in [6.45, 7) is 11.3. The first kappa shape index (κ1) is 31.7. The third kappa shape index (κ3) is 9.95. The molecule has 12 nitrogen and oxygen atoms in total. The molecule has 1 atom stereocenters. The molecule has 1 saturated heterocycles. The number of carbonyl (C=O) groups excluding carboxylic acids is 5. The highest BCUT2D eigenvalue weighted by molar-refractivity contribution is 6.00. The van der Waals surface area contributed by atoms with Crippen LogP contribution in [-0.4, -0.2) is 78.8 Å². The summed E-state index contributed by atoms with van der Waals surface area (Å²) in [5.74, 6) is -2.49. The Hall–Kier alpha value is -3.51. The Labute approximate surface area is 229 Å². The van der Waals surface area contributed by atoms with Crippen molar-refractivity contribution in [2.24, 2.45) is 17.6 Å². The lowest BCUT2D eigenvalue weighted by Gasteiger charge is -2.37. The third-order valence-corrected chi connectivity index (χ3v) is 6.02. The number of likely N-dealkylation sites (tertiary alicyclic amines) is 1. The van der Waals surface area contributed by atoms with Gasteiger partial charge in [-0.1, -0.05) is 47.6 Å². The van der Waals surface area contributed by atoms with Gasteiger partial charge in [0.2, 0.25) is 17.7 Å². The molecule has 0 aromatic heterocycles. The fourth-order valence-corrected chi connectivity index (χ4v) is 3.68. The van der Waals surface area contributed by atoms with E-state index in [1.54, 1.807) is 44.7 Å². The average molecular weight is 547 g/mol. The largest absolute Gasteiger partial charge is 0.461 e. The van der Waals surface area contributed by atoms with Crippen LogP contribution in [0.1, 0.15) is 57.5 Å². The summed E-state index contributed by atoms with van der Waals surface area (Å²) in [5, 5.41) is 10.9. The summed E-state index contributed by atoms with van der Waals surface area (Å²) >= 11 is 0. The molecule has 2 rings (SSSR count). The van der Waals surface area contributed by atoms with Crippen molar-refractivity contribution in [3.05, 3.63) is 29.3 Å². The van der Waals surface area contributed by atoms with Gasteiger partial charge in [0.05, 0.1) is 19.0 Å². The van der Waals surface area contributed by atoms with Crippen molar-refractivity contribution in [2.45, 2.75) is 66.3 Å². The van der Waals surface area contributed by atoms with E-state index in [0.717, 1.165) is 0 Å². The van der Waals surface area contributed by atoms with Gasteiger partial charge in [-0.2, -0.15) is 0 Å². The number of benzene rings is 1. The van der Waals surface area contributed by atoms with E-state index in [4.69, 9.17) is 10.5 Å². The fraction of sp³-hybridized carbons (Fsp3) is 0.593. The smallest absolute Gasteiger partial charge is 0.308 e. The second-order valence-electron chi connectivity index (χ2n) is 10.7. The zero-order valence-corrected chi connectivity index (χ0v) is 23.6. The average Bonchev–Trinajstić information content (AvgIpc) is 2.85. The van der Waals surface area contributed by atoms with Gasteiger partial charge in [-0.15, -0.1) is 0 Å². The molecule has 1 aromatic rings. The summed E-state index contributed by atoms with van der Waals surface area (Å²) in [6, 6.07) is 3.95. The number of anilines is 1. The van der Waals surface area contributed by atoms with Gasteiger partial charge >= 0.3 is 5.97 Å². The molecule has 4 amide bonds. The van der Waals surface area contributed by atoms with Gasteiger partial charge in [0.25, 0.3) is 5.91 Å². The van der Waals surface area contributed by atoms with Crippen molar-refractivity contribution < 1.29 is 28.7 Å². The number of esters is 1. The lowest BCUT2D eigenvalue weighted by atomic mass is 10.0. The molecule has 1 unspecified atom stereocenters. The number of nitrogens with two attached hydrogens (primary N) is 1. The molecule has 0 bridgehead atoms. The Balaban J connectivity index is 2.04. The van der Waals surface area contributed by atoms with E-state index in [2.05, 4.69) is 21.3 Å². The van der Waals surface area contributed by atoms with E-state index in [0.29, 0.717) is 24.3 Å². The molecule has 12 heteroatoms. The molecule has 0 saturated carbocycles. The van der Waals surface area contributed by atoms with Crippen LogP contribution in [0.5, 0.6) is 0 Å². The number of rotatable bonds is 13. The van der Waals surface area contributed by atoms with Crippen molar-refractivity contribution in [1.29, 1.82) is 0 Å². The van der Waals surface area contributed by atoms with E-state index < -0.39 is 17.9 Å². The van der Waals surface area contributed by atoms with E-state index in [1.165, 1.54) is 6.07 Å². The predicted octanol–water partition coefficient (Wildman–Crippen LogP) is 0.362. The second kappa shape index (κ2) is 14.6. The van der Waals surface area contributed by atoms with Gasteiger partial charge in [0.15, 0.2) is 0 Å². The Morgan fingerprint density at radius 3 is 2.23 bits per heavy atom. The highest BCUT2D eigenvalue weighted by atomic mass is 16.5. The zero-order valence-electron chi connectivity index (χ0n) is 23.6. The molecule has 1 fully saturated rings. The molecule has 0 spiro atoms. The van der Waals surface area contributed by atoms with Crippen LogP contribution in [0.25, 0.3) is 0 Å². The molecular formula is C27H42N6O6. The Kier molecular flexibility index (Phi) is 11.9. The van der Waals surface area contributed by atoms with Crippen molar-refractivity contribution in [3.63, 3.8) is 0 Å². The molecular weight excluding hydrogens is 504 g/mol. The van der Waals surface area contributed by atoms with Gasteiger partial charge in [-0.25, -0.2) is 0 Å². The van der Waals surface area contributed by atoms with Crippen LogP contribution in [0.3, 0.4) is 0 Å². The maximum Gasteiger partial charge on any atom is 0.308 e. The SMILES string of the molecule is CC(C)NCC(=O)NC(C(=O)NCC(=O)Nc1ccc(COC(=O)C(C)C)c(C(=O)N2CC(N)C2)c1)C(C)C. The van der Waals surface area contributed by atoms with Crippen LogP contribution >= 0.6 is 0 Å². The van der Waals surface area contributed by atoms with Crippen molar-refractivity contribution in [3.8, 4) is 0 Å². The quantitative estimate of drug-likeness (QED) is 0.221. The maximum atomic E-state index is 13.1. The molecule has 0 aliphatic carbocycles. The number of amides is 4. The zero-order chi connectivity index (χ0) is 29.3. The van der Waals surface area contributed by atoms with Crippen molar-refractivity contribution >= 4 is 35.3 Å². The van der Waals surface area contributed by atoms with E-state index in [9.17, 15) is 24.0 Å². The van der Waals surface area contributed by atoms with Crippen LogP contribution in [0.2, 0.25) is 0 Å². The fourth-order valence-electron chi connectivity index (χ4n) is 3.68. The van der Waals surface area contributed by atoms with Crippen LogP contribution in [0, 0.1) is 11.8 Å². The third-order valence-electron chi connectivity index (χ3n) is 6.02. The minimum atomic E-state index is -0.806. The summed E-state index contributed by atoms with van der Waals surface area (Å²) < 4.78 is 5.31. The van der Waals surface area contributed by atoms with E-state index in [1.807, 2.05) is 13.8 Å². The maximum absolute atomic E-state index is 13.1. The number of hydrogen-bond acceptors (Lipinski definition) is 8. The first-order valence-corrected chi connectivity index (χ1v) is 13.2. The first-order valence-electron chi connectivity index (χ1n) is 13.2. The second-order valence-corrected chi connectivity index (χ2v) is 10.7. The molecule has 6 N–H and O–H groups in total. The molecule has 39 heavy (non-hydrogen) atoms. The Bertz CT molecular complexity index is 1050. The molecule has 0 radical (unpaired) electrons. The van der Waals surface area contributed by atoms with Crippen LogP contribution in [-0.2, 0) is 30.5 Å². The lowest BCUT2D eigenvalue weighted by Crippen LogP contribution is -2.57. The standard InChI is InChI=1S/C27H42N6O6/c1-15(2)24(32-23(35)10-29-17(5)6)25(36)30-11-22(34)31-20-8-7-18(14-39-27(38)16(3)4)21(9-20)26(37)33-12-19(28)13-33/h7-9,15-17,19,24,29H,10-14,28H2,1-6H3,(H,30,36)(H,31,34)(H,32,35). The number of ether oxygens (including phenoxy) is 1. The number of hydrogen-bond donors (Lipinski definition) is 5. The van der Waals surface area contributed by atoms with Crippen LogP contribution in [0.4, 0.5) is 5.69 Å². The minimum Gasteiger partial charge on any atom is -0.461 e. The Morgan fingerprint density at radius 1 is 1.00 bits per heavy atom. The highest BCUT2D eigenvalue weighted by Gasteiger charge is 2.30. The minimum absolute atomic E-state index is 0.0751. The van der Waals surface area contributed by atoms with Crippen molar-refractivity contribution in [2.75, 3.05) is 31.5 Å².